The summed E-state index contributed by atoms with van der Waals surface area (Å²) in [4.78, 5) is 8.67. The van der Waals surface area contributed by atoms with Crippen molar-refractivity contribution in [3.63, 3.8) is 0 Å². The van der Waals surface area contributed by atoms with E-state index >= 15 is 0 Å². The van der Waals surface area contributed by atoms with Crippen molar-refractivity contribution in [1.29, 1.82) is 5.26 Å². The Morgan fingerprint density at radius 2 is 2.15 bits per heavy atom. The Balaban J connectivity index is 1.98. The van der Waals surface area contributed by atoms with Crippen LogP contribution in [0.3, 0.4) is 0 Å². The Morgan fingerprint density at radius 3 is 2.95 bits per heavy atom. The molecule has 0 saturated heterocycles. The smallest absolute Gasteiger partial charge is 0.231 e. The summed E-state index contributed by atoms with van der Waals surface area (Å²) in [5, 5.41) is 9.10. The van der Waals surface area contributed by atoms with E-state index in [0.29, 0.717) is 12.2 Å². The van der Waals surface area contributed by atoms with Gasteiger partial charge < -0.3 is 9.47 Å². The molecular formula is C15H13N3O2. The maximum atomic E-state index is 9.10. The zero-order valence-electron chi connectivity index (χ0n) is 11.0. The minimum Gasteiger partial charge on any atom is -0.454 e. The molecule has 2 aromatic rings. The van der Waals surface area contributed by atoms with Crippen molar-refractivity contribution >= 4 is 0 Å². The highest BCUT2D eigenvalue weighted by Gasteiger charge is 2.16. The van der Waals surface area contributed by atoms with Crippen LogP contribution in [0.15, 0.2) is 30.5 Å². The molecule has 0 saturated carbocycles. The van der Waals surface area contributed by atoms with Gasteiger partial charge in [0.05, 0.1) is 11.8 Å². The van der Waals surface area contributed by atoms with Gasteiger partial charge in [-0.2, -0.15) is 5.26 Å². The fourth-order valence-corrected chi connectivity index (χ4v) is 2.09. The first kappa shape index (κ1) is 12.4. The molecule has 0 aliphatic carbocycles. The van der Waals surface area contributed by atoms with E-state index in [1.807, 2.05) is 31.2 Å². The second-order valence-electron chi connectivity index (χ2n) is 4.46. The first-order valence-electron chi connectivity index (χ1n) is 6.44. The highest BCUT2D eigenvalue weighted by Crippen LogP contribution is 2.35. The predicted octanol–water partition coefficient (Wildman–Crippen LogP) is 2.89. The van der Waals surface area contributed by atoms with Crippen molar-refractivity contribution in [2.75, 3.05) is 6.79 Å². The third-order valence-electron chi connectivity index (χ3n) is 3.22. The Hall–Kier alpha value is -2.61. The quantitative estimate of drug-likeness (QED) is 0.855. The van der Waals surface area contributed by atoms with E-state index in [2.05, 4.69) is 16.0 Å². The van der Waals surface area contributed by atoms with E-state index in [0.717, 1.165) is 22.8 Å². The highest BCUT2D eigenvalue weighted by molar-refractivity contribution is 5.64. The monoisotopic (exact) mass is 267 g/mol. The fraction of sp³-hybridized carbons (Fsp3) is 0.267. The van der Waals surface area contributed by atoms with Crippen molar-refractivity contribution in [3.8, 4) is 28.8 Å². The topological polar surface area (TPSA) is 68.0 Å². The lowest BCUT2D eigenvalue weighted by Crippen LogP contribution is -2.01. The number of rotatable bonds is 3. The van der Waals surface area contributed by atoms with E-state index in [1.54, 1.807) is 6.20 Å². The van der Waals surface area contributed by atoms with Crippen LogP contribution in [0, 0.1) is 11.3 Å². The molecule has 5 nitrogen and oxygen atoms in total. The summed E-state index contributed by atoms with van der Waals surface area (Å²) in [5.41, 5.74) is 1.70. The van der Waals surface area contributed by atoms with Gasteiger partial charge >= 0.3 is 0 Å². The normalized spacial score (nSPS) is 13.8. The largest absolute Gasteiger partial charge is 0.454 e. The van der Waals surface area contributed by atoms with Crippen LogP contribution in [0.4, 0.5) is 0 Å². The first-order chi connectivity index (χ1) is 9.81. The zero-order chi connectivity index (χ0) is 13.9. The van der Waals surface area contributed by atoms with Gasteiger partial charge in [-0.15, -0.1) is 0 Å². The van der Waals surface area contributed by atoms with Crippen LogP contribution in [-0.4, -0.2) is 16.8 Å². The summed E-state index contributed by atoms with van der Waals surface area (Å²) in [5.74, 6) is 1.75. The lowest BCUT2D eigenvalue weighted by Gasteiger charge is -2.07. The molecule has 3 rings (SSSR count). The Bertz CT molecular complexity index is 679. The highest BCUT2D eigenvalue weighted by atomic mass is 16.7. The number of hydrogen-bond donors (Lipinski definition) is 0. The van der Waals surface area contributed by atoms with Crippen LogP contribution in [0.2, 0.25) is 0 Å². The van der Waals surface area contributed by atoms with Crippen LogP contribution in [0.5, 0.6) is 11.5 Å². The number of aromatic nitrogens is 2. The third-order valence-corrected chi connectivity index (χ3v) is 3.22. The Morgan fingerprint density at radius 1 is 1.30 bits per heavy atom. The molecule has 0 fully saturated rings. The molecule has 20 heavy (non-hydrogen) atoms. The van der Waals surface area contributed by atoms with E-state index in [4.69, 9.17) is 14.7 Å². The average molecular weight is 267 g/mol. The Kier molecular flexibility index (Phi) is 3.21. The number of benzene rings is 1. The van der Waals surface area contributed by atoms with Gasteiger partial charge in [0.15, 0.2) is 11.5 Å². The van der Waals surface area contributed by atoms with E-state index in [9.17, 15) is 0 Å². The van der Waals surface area contributed by atoms with Gasteiger partial charge in [0.1, 0.15) is 11.7 Å². The lowest BCUT2D eigenvalue weighted by atomic mass is 10.1. The summed E-state index contributed by atoms with van der Waals surface area (Å²) in [6.07, 6.45) is 2.38. The van der Waals surface area contributed by atoms with E-state index in [-0.39, 0.29) is 12.7 Å². The van der Waals surface area contributed by atoms with Crippen molar-refractivity contribution in [2.24, 2.45) is 0 Å². The van der Waals surface area contributed by atoms with Crippen molar-refractivity contribution in [3.05, 3.63) is 36.3 Å². The van der Waals surface area contributed by atoms with Crippen LogP contribution < -0.4 is 9.47 Å². The van der Waals surface area contributed by atoms with Gasteiger partial charge in [-0.05, 0) is 30.7 Å². The molecule has 2 heterocycles. The standard InChI is InChI=1S/C15H13N3O2/c1-2-10(8-16)15-17-6-5-12(18-15)11-3-4-13-14(7-11)20-9-19-13/h3-7,10H,2,9H2,1H3. The SMILES string of the molecule is CCC(C#N)c1nccc(-c2ccc3c(c2)OCO3)n1. The molecular weight excluding hydrogens is 254 g/mol. The summed E-state index contributed by atoms with van der Waals surface area (Å²) >= 11 is 0. The lowest BCUT2D eigenvalue weighted by molar-refractivity contribution is 0.174. The molecule has 0 amide bonds. The number of ether oxygens (including phenoxy) is 2. The van der Waals surface area contributed by atoms with Gasteiger partial charge in [-0.3, -0.25) is 0 Å². The number of hydrogen-bond acceptors (Lipinski definition) is 5. The first-order valence-corrected chi connectivity index (χ1v) is 6.44. The van der Waals surface area contributed by atoms with Crippen LogP contribution in [0.1, 0.15) is 25.1 Å². The second kappa shape index (κ2) is 5.17. The maximum Gasteiger partial charge on any atom is 0.231 e. The van der Waals surface area contributed by atoms with Crippen LogP contribution >= 0.6 is 0 Å². The molecule has 0 radical (unpaired) electrons. The van der Waals surface area contributed by atoms with Crippen LogP contribution in [-0.2, 0) is 0 Å². The molecule has 1 aliphatic rings. The van der Waals surface area contributed by atoms with Crippen LogP contribution in [0.25, 0.3) is 11.3 Å². The molecule has 1 aliphatic heterocycles. The number of nitrogens with zero attached hydrogens (tertiary/aromatic N) is 3. The zero-order valence-corrected chi connectivity index (χ0v) is 11.0. The Labute approximate surface area is 116 Å². The van der Waals surface area contributed by atoms with E-state index < -0.39 is 0 Å². The predicted molar refractivity (Wildman–Crippen MR) is 72.2 cm³/mol. The average Bonchev–Trinajstić information content (AvgIpc) is 2.96. The minimum atomic E-state index is -0.274. The van der Waals surface area contributed by atoms with E-state index in [1.165, 1.54) is 0 Å². The summed E-state index contributed by atoms with van der Waals surface area (Å²) < 4.78 is 10.7. The molecule has 5 heteroatoms. The summed E-state index contributed by atoms with van der Waals surface area (Å²) in [6.45, 7) is 2.20. The molecule has 0 spiro atoms. The minimum absolute atomic E-state index is 0.250. The second-order valence-corrected chi connectivity index (χ2v) is 4.46. The third kappa shape index (κ3) is 2.16. The fourth-order valence-electron chi connectivity index (χ4n) is 2.09. The molecule has 1 aromatic carbocycles. The van der Waals surface area contributed by atoms with Crippen molar-refractivity contribution in [2.45, 2.75) is 19.3 Å². The molecule has 100 valence electrons. The molecule has 1 aromatic heterocycles. The number of nitriles is 1. The van der Waals surface area contributed by atoms with Gasteiger partial charge in [0.25, 0.3) is 0 Å². The van der Waals surface area contributed by atoms with Gasteiger partial charge in [-0.25, -0.2) is 9.97 Å². The molecule has 0 N–H and O–H groups in total. The molecule has 0 bridgehead atoms. The molecule has 1 atom stereocenters. The van der Waals surface area contributed by atoms with Gasteiger partial charge in [0, 0.05) is 11.8 Å². The number of fused-ring (bicyclic) bond motifs is 1. The van der Waals surface area contributed by atoms with Crippen molar-refractivity contribution < 1.29 is 9.47 Å². The maximum absolute atomic E-state index is 9.10. The van der Waals surface area contributed by atoms with Gasteiger partial charge in [-0.1, -0.05) is 6.92 Å². The summed E-state index contributed by atoms with van der Waals surface area (Å²) in [7, 11) is 0. The van der Waals surface area contributed by atoms with Gasteiger partial charge in [0.2, 0.25) is 6.79 Å². The molecule has 1 unspecified atom stereocenters. The van der Waals surface area contributed by atoms with Crippen molar-refractivity contribution in [1.82, 2.24) is 9.97 Å². The summed E-state index contributed by atoms with van der Waals surface area (Å²) in [6, 6.07) is 9.72.